The fourth-order valence-electron chi connectivity index (χ4n) is 3.39. The van der Waals surface area contributed by atoms with E-state index in [2.05, 4.69) is 74.7 Å². The number of carbonyl (C=O) groups excluding carboxylic acids is 1. The number of nitrogens with one attached hydrogen (secondary N) is 2. The lowest BCUT2D eigenvalue weighted by atomic mass is 9.85. The molecular formula is C19H18Br2N2O. The number of rotatable bonds is 4. The van der Waals surface area contributed by atoms with E-state index in [0.29, 0.717) is 5.69 Å². The summed E-state index contributed by atoms with van der Waals surface area (Å²) < 4.78 is 1.92. The molecule has 0 radical (unpaired) electrons. The van der Waals surface area contributed by atoms with Crippen molar-refractivity contribution in [1.82, 2.24) is 9.97 Å². The molecule has 0 aliphatic rings. The van der Waals surface area contributed by atoms with Crippen molar-refractivity contribution in [2.24, 2.45) is 0 Å². The molecule has 0 aliphatic heterocycles. The number of hydrogen-bond donors (Lipinski definition) is 2. The molecule has 0 spiro atoms. The summed E-state index contributed by atoms with van der Waals surface area (Å²) in [6.07, 6.45) is 0.842. The lowest BCUT2D eigenvalue weighted by Crippen LogP contribution is -2.09. The Balaban J connectivity index is 2.27. The third-order valence-electron chi connectivity index (χ3n) is 4.25. The van der Waals surface area contributed by atoms with Crippen LogP contribution in [0.3, 0.4) is 0 Å². The van der Waals surface area contributed by atoms with Crippen LogP contribution in [0.15, 0.2) is 39.4 Å². The predicted molar refractivity (Wildman–Crippen MR) is 104 cm³/mol. The highest BCUT2D eigenvalue weighted by Gasteiger charge is 2.25. The third kappa shape index (κ3) is 3.15. The van der Waals surface area contributed by atoms with Crippen LogP contribution in [0.5, 0.6) is 0 Å². The molecule has 124 valence electrons. The molecular weight excluding hydrogens is 432 g/mol. The maximum absolute atomic E-state index is 11.1. The normalized spacial score (nSPS) is 12.4. The summed E-state index contributed by atoms with van der Waals surface area (Å²) in [6, 6.07) is 10.2. The zero-order valence-corrected chi connectivity index (χ0v) is 16.9. The topological polar surface area (TPSA) is 48.6 Å². The van der Waals surface area contributed by atoms with Crippen molar-refractivity contribution >= 4 is 38.1 Å². The summed E-state index contributed by atoms with van der Waals surface area (Å²) in [7, 11) is 0. The molecule has 3 aromatic rings. The smallest absolute Gasteiger partial charge is 0.166 e. The van der Waals surface area contributed by atoms with Crippen LogP contribution in [0.1, 0.15) is 50.0 Å². The molecule has 2 N–H and O–H groups in total. The number of H-pyrrole nitrogens is 2. The Bertz CT molecular complexity index is 885. The zero-order valence-electron chi connectivity index (χ0n) is 13.7. The maximum atomic E-state index is 11.1. The van der Waals surface area contributed by atoms with Crippen molar-refractivity contribution in [3.8, 4) is 0 Å². The Morgan fingerprint density at radius 3 is 2.17 bits per heavy atom. The lowest BCUT2D eigenvalue weighted by molar-refractivity contribution is 0.111. The van der Waals surface area contributed by atoms with E-state index >= 15 is 0 Å². The van der Waals surface area contributed by atoms with Crippen LogP contribution in [0, 0.1) is 20.8 Å². The van der Waals surface area contributed by atoms with Gasteiger partial charge in [-0.2, -0.15) is 0 Å². The molecule has 3 rings (SSSR count). The Morgan fingerprint density at radius 2 is 1.67 bits per heavy atom. The number of halogens is 2. The first-order valence-electron chi connectivity index (χ1n) is 7.66. The predicted octanol–water partition coefficient (Wildman–Crippen LogP) is 5.79. The van der Waals surface area contributed by atoms with Crippen molar-refractivity contribution < 1.29 is 4.79 Å². The molecule has 2 heterocycles. The molecule has 1 unspecified atom stereocenters. The summed E-state index contributed by atoms with van der Waals surface area (Å²) in [5.74, 6) is -0.0139. The maximum Gasteiger partial charge on any atom is 0.166 e. The van der Waals surface area contributed by atoms with Gasteiger partial charge in [0, 0.05) is 15.9 Å². The van der Waals surface area contributed by atoms with Gasteiger partial charge in [-0.05, 0) is 87.5 Å². The number of hydrogen-bond acceptors (Lipinski definition) is 1. The number of aromatic nitrogens is 2. The van der Waals surface area contributed by atoms with E-state index in [9.17, 15) is 4.79 Å². The Labute approximate surface area is 158 Å². The summed E-state index contributed by atoms with van der Waals surface area (Å²) in [5, 5.41) is 0. The number of benzene rings is 1. The molecule has 0 fully saturated rings. The van der Waals surface area contributed by atoms with E-state index in [4.69, 9.17) is 0 Å². The first-order chi connectivity index (χ1) is 11.4. The van der Waals surface area contributed by atoms with Crippen LogP contribution < -0.4 is 0 Å². The van der Waals surface area contributed by atoms with Gasteiger partial charge in [0.15, 0.2) is 6.29 Å². The highest BCUT2D eigenvalue weighted by atomic mass is 79.9. The average molecular weight is 450 g/mol. The molecule has 5 heteroatoms. The summed E-state index contributed by atoms with van der Waals surface area (Å²) in [4.78, 5) is 17.7. The molecule has 0 aliphatic carbocycles. The fraction of sp³-hybridized carbons (Fsp3) is 0.211. The highest BCUT2D eigenvalue weighted by molar-refractivity contribution is 9.11. The molecule has 0 saturated carbocycles. The number of aromatic amines is 2. The molecule has 1 atom stereocenters. The van der Waals surface area contributed by atoms with Crippen LogP contribution in [0.4, 0.5) is 0 Å². The van der Waals surface area contributed by atoms with Crippen LogP contribution in [0.25, 0.3) is 0 Å². The van der Waals surface area contributed by atoms with Crippen LogP contribution in [-0.2, 0) is 0 Å². The van der Waals surface area contributed by atoms with Gasteiger partial charge in [-0.3, -0.25) is 4.79 Å². The molecule has 1 aromatic carbocycles. The van der Waals surface area contributed by atoms with Crippen LogP contribution in [-0.4, -0.2) is 16.3 Å². The molecule has 24 heavy (non-hydrogen) atoms. The largest absolute Gasteiger partial charge is 0.355 e. The second-order valence-corrected chi connectivity index (χ2v) is 7.82. The van der Waals surface area contributed by atoms with Crippen molar-refractivity contribution in [1.29, 1.82) is 0 Å². The van der Waals surface area contributed by atoms with E-state index < -0.39 is 0 Å². The zero-order chi connectivity index (χ0) is 17.4. The summed E-state index contributed by atoms with van der Waals surface area (Å²) in [6.45, 7) is 6.38. The minimum absolute atomic E-state index is 0.0139. The highest BCUT2D eigenvalue weighted by Crippen LogP contribution is 2.39. The fourth-order valence-corrected chi connectivity index (χ4v) is 4.70. The minimum Gasteiger partial charge on any atom is -0.355 e. The molecule has 3 nitrogen and oxygen atoms in total. The summed E-state index contributed by atoms with van der Waals surface area (Å²) in [5.41, 5.74) is 7.58. The van der Waals surface area contributed by atoms with Gasteiger partial charge in [-0.15, -0.1) is 0 Å². The monoisotopic (exact) mass is 448 g/mol. The standard InChI is InChI=1S/C19H18Br2N2O/c1-10-6-11(2)17(12(3)7-10)18(15-5-4-13(9-24)22-15)19-14(20)8-16(21)23-19/h4-9,18,22-23H,1-3H3. The van der Waals surface area contributed by atoms with Gasteiger partial charge in [-0.25, -0.2) is 0 Å². The van der Waals surface area contributed by atoms with Gasteiger partial charge in [0.25, 0.3) is 0 Å². The number of aldehydes is 1. The van der Waals surface area contributed by atoms with E-state index in [1.807, 2.05) is 18.2 Å². The van der Waals surface area contributed by atoms with Gasteiger partial charge < -0.3 is 9.97 Å². The Morgan fingerprint density at radius 1 is 1.00 bits per heavy atom. The molecule has 2 aromatic heterocycles. The van der Waals surface area contributed by atoms with E-state index in [1.165, 1.54) is 22.3 Å². The third-order valence-corrected chi connectivity index (χ3v) is 5.33. The molecule has 0 saturated heterocycles. The van der Waals surface area contributed by atoms with Crippen LogP contribution >= 0.6 is 31.9 Å². The van der Waals surface area contributed by atoms with E-state index in [1.54, 1.807) is 0 Å². The van der Waals surface area contributed by atoms with Gasteiger partial charge in [0.2, 0.25) is 0 Å². The van der Waals surface area contributed by atoms with Crippen molar-refractivity contribution in [2.75, 3.05) is 0 Å². The van der Waals surface area contributed by atoms with Gasteiger partial charge >= 0.3 is 0 Å². The van der Waals surface area contributed by atoms with Crippen molar-refractivity contribution in [3.63, 3.8) is 0 Å². The van der Waals surface area contributed by atoms with Gasteiger partial charge in [0.05, 0.1) is 16.2 Å². The lowest BCUT2D eigenvalue weighted by Gasteiger charge is -2.22. The second kappa shape index (κ2) is 6.73. The van der Waals surface area contributed by atoms with Gasteiger partial charge in [-0.1, -0.05) is 17.7 Å². The van der Waals surface area contributed by atoms with E-state index in [-0.39, 0.29) is 5.92 Å². The van der Waals surface area contributed by atoms with E-state index in [0.717, 1.165) is 26.7 Å². The van der Waals surface area contributed by atoms with Crippen LogP contribution in [0.2, 0.25) is 0 Å². The Hall–Kier alpha value is -1.59. The molecule has 0 bridgehead atoms. The number of carbonyl (C=O) groups is 1. The second-order valence-electron chi connectivity index (χ2n) is 6.11. The van der Waals surface area contributed by atoms with Crippen molar-refractivity contribution in [3.05, 3.63) is 78.7 Å². The first kappa shape index (κ1) is 17.2. The molecule has 0 amide bonds. The Kier molecular flexibility index (Phi) is 4.83. The minimum atomic E-state index is -0.0139. The quantitative estimate of drug-likeness (QED) is 0.487. The number of aryl methyl sites for hydroxylation is 3. The summed E-state index contributed by atoms with van der Waals surface area (Å²) >= 11 is 7.17. The first-order valence-corrected chi connectivity index (χ1v) is 9.25. The average Bonchev–Trinajstić information content (AvgIpc) is 3.09. The van der Waals surface area contributed by atoms with Crippen molar-refractivity contribution in [2.45, 2.75) is 26.7 Å². The SMILES string of the molecule is Cc1cc(C)c(C(c2ccc(C=O)[nH]2)c2[nH]c(Br)cc2Br)c(C)c1. The van der Waals surface area contributed by atoms with Gasteiger partial charge in [0.1, 0.15) is 0 Å².